The Morgan fingerprint density at radius 1 is 1.42 bits per heavy atom. The summed E-state index contributed by atoms with van der Waals surface area (Å²) in [5.74, 6) is 0.334. The molecule has 0 saturated carbocycles. The van der Waals surface area contributed by atoms with Crippen LogP contribution in [0, 0.1) is 11.7 Å². The second-order valence-electron chi connectivity index (χ2n) is 5.16. The van der Waals surface area contributed by atoms with Gasteiger partial charge in [-0.1, -0.05) is 13.3 Å². The first-order valence-corrected chi connectivity index (χ1v) is 7.34. The van der Waals surface area contributed by atoms with E-state index in [1.165, 1.54) is 25.0 Å². The summed E-state index contributed by atoms with van der Waals surface area (Å²) in [6.07, 6.45) is 4.50. The highest BCUT2D eigenvalue weighted by Crippen LogP contribution is 2.22. The summed E-state index contributed by atoms with van der Waals surface area (Å²) in [6, 6.07) is 4.37. The molecule has 1 aromatic rings. The Bertz CT molecular complexity index is 463. The molecule has 0 N–H and O–H groups in total. The molecule has 2 nitrogen and oxygen atoms in total. The van der Waals surface area contributed by atoms with Gasteiger partial charge in [-0.2, -0.15) is 0 Å². The van der Waals surface area contributed by atoms with Crippen LogP contribution in [0.15, 0.2) is 23.1 Å². The van der Waals surface area contributed by atoms with Crippen molar-refractivity contribution in [2.75, 3.05) is 13.1 Å². The van der Waals surface area contributed by atoms with Crippen molar-refractivity contribution in [1.82, 2.24) is 4.90 Å². The molecule has 1 amide bonds. The van der Waals surface area contributed by atoms with Crippen LogP contribution in [0.2, 0.25) is 0 Å². The lowest BCUT2D eigenvalue weighted by molar-refractivity contribution is 0.0759. The fourth-order valence-corrected chi connectivity index (χ4v) is 2.82. The molecule has 1 atom stereocenters. The minimum Gasteiger partial charge on any atom is -0.339 e. The van der Waals surface area contributed by atoms with Gasteiger partial charge in [-0.3, -0.25) is 4.79 Å². The highest BCUT2D eigenvalue weighted by molar-refractivity contribution is 7.80. The second kappa shape index (κ2) is 6.42. The van der Waals surface area contributed by atoms with Gasteiger partial charge in [0.05, 0.1) is 0 Å². The van der Waals surface area contributed by atoms with Gasteiger partial charge in [0.15, 0.2) is 0 Å². The third-order valence-corrected chi connectivity index (χ3v) is 4.25. The van der Waals surface area contributed by atoms with Crippen LogP contribution in [0.25, 0.3) is 0 Å². The molecule has 1 fully saturated rings. The predicted molar refractivity (Wildman–Crippen MR) is 77.2 cm³/mol. The lowest BCUT2D eigenvalue weighted by Gasteiger charge is -2.20. The van der Waals surface area contributed by atoms with Crippen LogP contribution < -0.4 is 0 Å². The van der Waals surface area contributed by atoms with Crippen LogP contribution in [0.3, 0.4) is 0 Å². The van der Waals surface area contributed by atoms with Crippen LogP contribution in [-0.2, 0) is 0 Å². The number of rotatable bonds is 2. The molecule has 19 heavy (non-hydrogen) atoms. The molecular weight excluding hydrogens is 261 g/mol. The van der Waals surface area contributed by atoms with E-state index in [0.717, 1.165) is 31.8 Å². The van der Waals surface area contributed by atoms with E-state index in [0.29, 0.717) is 5.56 Å². The van der Waals surface area contributed by atoms with Crippen molar-refractivity contribution in [3.8, 4) is 0 Å². The molecule has 0 bridgehead atoms. The number of likely N-dealkylation sites (tertiary alicyclic amines) is 1. The van der Waals surface area contributed by atoms with Gasteiger partial charge in [0, 0.05) is 23.5 Å². The van der Waals surface area contributed by atoms with Crippen molar-refractivity contribution in [2.45, 2.75) is 37.5 Å². The number of carbonyl (C=O) groups is 1. The van der Waals surface area contributed by atoms with Gasteiger partial charge in [-0.05, 0) is 43.4 Å². The van der Waals surface area contributed by atoms with E-state index in [-0.39, 0.29) is 16.6 Å². The maximum absolute atomic E-state index is 13.2. The third-order valence-electron chi connectivity index (χ3n) is 3.91. The number of halogens is 1. The number of benzene rings is 1. The van der Waals surface area contributed by atoms with E-state index in [1.54, 1.807) is 6.07 Å². The van der Waals surface area contributed by atoms with Crippen LogP contribution in [0.4, 0.5) is 4.39 Å². The first-order chi connectivity index (χ1) is 9.11. The van der Waals surface area contributed by atoms with E-state index < -0.39 is 0 Å². The summed E-state index contributed by atoms with van der Waals surface area (Å²) in [6.45, 7) is 3.81. The molecule has 0 radical (unpaired) electrons. The van der Waals surface area contributed by atoms with Crippen LogP contribution in [-0.4, -0.2) is 23.9 Å². The largest absolute Gasteiger partial charge is 0.339 e. The molecule has 1 aliphatic heterocycles. The van der Waals surface area contributed by atoms with Gasteiger partial charge < -0.3 is 4.90 Å². The minimum absolute atomic E-state index is 0.00736. The first kappa shape index (κ1) is 14.4. The molecule has 0 aromatic heterocycles. The molecule has 1 unspecified atom stereocenters. The fraction of sp³-hybridized carbons (Fsp3) is 0.533. The first-order valence-electron chi connectivity index (χ1n) is 6.89. The van der Waals surface area contributed by atoms with Gasteiger partial charge in [0.2, 0.25) is 0 Å². The van der Waals surface area contributed by atoms with Gasteiger partial charge in [-0.15, -0.1) is 12.6 Å². The lowest BCUT2D eigenvalue weighted by atomic mass is 9.98. The Morgan fingerprint density at radius 2 is 2.21 bits per heavy atom. The SMILES string of the molecule is CCC1CCCN(C(=O)c2ccc(F)c(S)c2)CC1. The Kier molecular flexibility index (Phi) is 4.86. The van der Waals surface area contributed by atoms with Gasteiger partial charge in [0.25, 0.3) is 5.91 Å². The number of amides is 1. The number of carbonyl (C=O) groups excluding carboxylic acids is 1. The molecule has 0 aliphatic carbocycles. The zero-order valence-electron chi connectivity index (χ0n) is 11.2. The summed E-state index contributed by atoms with van der Waals surface area (Å²) in [5, 5.41) is 0. The monoisotopic (exact) mass is 281 g/mol. The van der Waals surface area contributed by atoms with Gasteiger partial charge >= 0.3 is 0 Å². The summed E-state index contributed by atoms with van der Waals surface area (Å²) < 4.78 is 13.2. The third kappa shape index (κ3) is 3.50. The van der Waals surface area contributed by atoms with E-state index >= 15 is 0 Å². The summed E-state index contributed by atoms with van der Waals surface area (Å²) in [5.41, 5.74) is 0.529. The van der Waals surface area contributed by atoms with Crippen LogP contribution in [0.5, 0.6) is 0 Å². The van der Waals surface area contributed by atoms with Gasteiger partial charge in [-0.25, -0.2) is 4.39 Å². The average Bonchev–Trinajstić information content (AvgIpc) is 2.66. The standard InChI is InChI=1S/C15H20FNOS/c1-2-11-4-3-8-17(9-7-11)15(18)12-5-6-13(16)14(19)10-12/h5-6,10-11,19H,2-4,7-9H2,1H3. The Morgan fingerprint density at radius 3 is 2.89 bits per heavy atom. The van der Waals surface area contributed by atoms with Crippen molar-refractivity contribution >= 4 is 18.5 Å². The van der Waals surface area contributed by atoms with Crippen molar-refractivity contribution < 1.29 is 9.18 Å². The molecule has 0 spiro atoms. The topological polar surface area (TPSA) is 20.3 Å². The Hall–Kier alpha value is -1.03. The van der Waals surface area contributed by atoms with E-state index in [9.17, 15) is 9.18 Å². The highest BCUT2D eigenvalue weighted by atomic mass is 32.1. The molecule has 1 heterocycles. The minimum atomic E-state index is -0.387. The fourth-order valence-electron chi connectivity index (χ4n) is 2.60. The quantitative estimate of drug-likeness (QED) is 0.818. The molecule has 104 valence electrons. The predicted octanol–water partition coefficient (Wildman–Crippen LogP) is 3.77. The zero-order chi connectivity index (χ0) is 13.8. The number of hydrogen-bond donors (Lipinski definition) is 1. The van der Waals surface area contributed by atoms with Crippen LogP contribution in [0.1, 0.15) is 43.0 Å². The molecule has 1 aliphatic rings. The molecule has 1 aromatic carbocycles. The second-order valence-corrected chi connectivity index (χ2v) is 5.65. The van der Waals surface area contributed by atoms with Gasteiger partial charge in [0.1, 0.15) is 5.82 Å². The number of hydrogen-bond acceptors (Lipinski definition) is 2. The summed E-state index contributed by atoms with van der Waals surface area (Å²) in [7, 11) is 0. The lowest BCUT2D eigenvalue weighted by Crippen LogP contribution is -2.32. The maximum atomic E-state index is 13.2. The number of thiol groups is 1. The maximum Gasteiger partial charge on any atom is 0.253 e. The average molecular weight is 281 g/mol. The molecule has 4 heteroatoms. The molecule has 2 rings (SSSR count). The van der Waals surface area contributed by atoms with Crippen LogP contribution >= 0.6 is 12.6 Å². The van der Waals surface area contributed by atoms with E-state index in [4.69, 9.17) is 0 Å². The summed E-state index contributed by atoms with van der Waals surface area (Å²) >= 11 is 4.03. The van der Waals surface area contributed by atoms with Crippen molar-refractivity contribution in [3.63, 3.8) is 0 Å². The normalized spacial score (nSPS) is 20.2. The number of nitrogens with zero attached hydrogens (tertiary/aromatic N) is 1. The van der Waals surface area contributed by atoms with Crippen molar-refractivity contribution in [2.24, 2.45) is 5.92 Å². The zero-order valence-corrected chi connectivity index (χ0v) is 12.1. The van der Waals surface area contributed by atoms with Crippen molar-refractivity contribution in [3.05, 3.63) is 29.6 Å². The Labute approximate surface area is 119 Å². The molecule has 1 saturated heterocycles. The van der Waals surface area contributed by atoms with E-state index in [2.05, 4.69) is 19.6 Å². The summed E-state index contributed by atoms with van der Waals surface area (Å²) in [4.78, 5) is 14.5. The van der Waals surface area contributed by atoms with Crippen molar-refractivity contribution in [1.29, 1.82) is 0 Å². The smallest absolute Gasteiger partial charge is 0.253 e. The molecular formula is C15H20FNOS. The van der Waals surface area contributed by atoms with E-state index in [1.807, 2.05) is 4.90 Å². The Balaban J connectivity index is 2.08. The highest BCUT2D eigenvalue weighted by Gasteiger charge is 2.21.